The Morgan fingerprint density at radius 1 is 1.28 bits per heavy atom. The van der Waals surface area contributed by atoms with Crippen LogP contribution in [0.3, 0.4) is 0 Å². The quantitative estimate of drug-likeness (QED) is 0.778. The van der Waals surface area contributed by atoms with Crippen LogP contribution < -0.4 is 0 Å². The lowest BCUT2D eigenvalue weighted by molar-refractivity contribution is 0.0175. The van der Waals surface area contributed by atoms with Gasteiger partial charge in [0.1, 0.15) is 0 Å². The van der Waals surface area contributed by atoms with Crippen molar-refractivity contribution in [2.45, 2.75) is 24.1 Å². The predicted molar refractivity (Wildman–Crippen MR) is 71.3 cm³/mol. The molecule has 1 aromatic heterocycles. The molecule has 0 aliphatic rings. The minimum atomic E-state index is -2.81. The first-order valence-corrected chi connectivity index (χ1v) is 7.22. The molecule has 0 saturated heterocycles. The molecular weight excluding hydrogens is 274 g/mol. The molecule has 1 aromatic carbocycles. The van der Waals surface area contributed by atoms with Crippen LogP contribution in [0, 0.1) is 0 Å². The van der Waals surface area contributed by atoms with E-state index in [1.165, 1.54) is 23.7 Å². The van der Waals surface area contributed by atoms with Gasteiger partial charge in [-0.1, -0.05) is 43.0 Å². The van der Waals surface area contributed by atoms with Crippen LogP contribution >= 0.6 is 23.3 Å². The second-order valence-electron chi connectivity index (χ2n) is 3.78. The molecule has 2 aromatic rings. The van der Waals surface area contributed by atoms with Gasteiger partial charge in [-0.05, 0) is 17.3 Å². The molecule has 2 rings (SSSR count). The number of hydrogen-bond acceptors (Lipinski definition) is 4. The van der Waals surface area contributed by atoms with Gasteiger partial charge in [0.25, 0.3) is 5.92 Å². The monoisotopic (exact) mass is 286 g/mol. The minimum Gasteiger partial charge on any atom is -0.208 e. The van der Waals surface area contributed by atoms with Crippen LogP contribution in [0.25, 0.3) is 11.4 Å². The van der Waals surface area contributed by atoms with Gasteiger partial charge in [0.05, 0.1) is 0 Å². The average Bonchev–Trinajstić information content (AvgIpc) is 2.77. The second kappa shape index (κ2) is 5.32. The van der Waals surface area contributed by atoms with Crippen molar-refractivity contribution in [3.8, 4) is 11.4 Å². The van der Waals surface area contributed by atoms with E-state index >= 15 is 0 Å². The molecule has 96 valence electrons. The van der Waals surface area contributed by atoms with Crippen molar-refractivity contribution in [2.24, 2.45) is 0 Å². The molecule has 0 atom stereocenters. The number of aromatic nitrogens is 2. The van der Waals surface area contributed by atoms with E-state index in [0.29, 0.717) is 5.82 Å². The Morgan fingerprint density at radius 2 is 1.94 bits per heavy atom. The van der Waals surface area contributed by atoms with Gasteiger partial charge in [-0.3, -0.25) is 0 Å². The number of nitrogens with zero attached hydrogens (tertiary/aromatic N) is 2. The number of thioether (sulfide) groups is 1. The molecule has 0 radical (unpaired) electrons. The summed E-state index contributed by atoms with van der Waals surface area (Å²) in [7, 11) is 0. The Kier molecular flexibility index (Phi) is 3.97. The number of halogens is 2. The van der Waals surface area contributed by atoms with Crippen LogP contribution in [0.4, 0.5) is 8.78 Å². The van der Waals surface area contributed by atoms with E-state index in [1.54, 1.807) is 23.9 Å². The number of alkyl halides is 2. The summed E-state index contributed by atoms with van der Waals surface area (Å²) in [6, 6.07) is 6.11. The van der Waals surface area contributed by atoms with Gasteiger partial charge in [-0.15, -0.1) is 0 Å². The zero-order valence-corrected chi connectivity index (χ0v) is 11.6. The molecular formula is C12H12F2N2S2. The lowest BCUT2D eigenvalue weighted by Crippen LogP contribution is -2.06. The first kappa shape index (κ1) is 13.4. The average molecular weight is 286 g/mol. The summed E-state index contributed by atoms with van der Waals surface area (Å²) >= 11 is 2.96. The molecule has 1 heterocycles. The third kappa shape index (κ3) is 3.05. The van der Waals surface area contributed by atoms with Crippen molar-refractivity contribution < 1.29 is 8.78 Å². The lowest BCUT2D eigenvalue weighted by atomic mass is 10.1. The summed E-state index contributed by atoms with van der Waals surface area (Å²) in [5.74, 6) is -1.27. The number of hydrogen-bond donors (Lipinski definition) is 0. The van der Waals surface area contributed by atoms with Gasteiger partial charge in [-0.2, -0.15) is 4.37 Å². The van der Waals surface area contributed by atoms with Crippen molar-refractivity contribution in [3.63, 3.8) is 0 Å². The Labute approximate surface area is 113 Å². The number of rotatable bonds is 4. The molecule has 2 nitrogen and oxygen atoms in total. The van der Waals surface area contributed by atoms with E-state index in [0.717, 1.165) is 22.6 Å². The molecule has 0 amide bonds. The summed E-state index contributed by atoms with van der Waals surface area (Å²) in [5, 5.41) is 0. The lowest BCUT2D eigenvalue weighted by Gasteiger charge is -2.10. The largest absolute Gasteiger partial charge is 0.270 e. The summed E-state index contributed by atoms with van der Waals surface area (Å²) in [4.78, 5) is 4.34. The Hall–Kier alpha value is -1.01. The van der Waals surface area contributed by atoms with E-state index in [1.807, 2.05) is 6.92 Å². The molecule has 0 spiro atoms. The summed E-state index contributed by atoms with van der Waals surface area (Å²) in [6.07, 6.45) is 0. The van der Waals surface area contributed by atoms with Crippen molar-refractivity contribution in [2.75, 3.05) is 5.75 Å². The highest BCUT2D eigenvalue weighted by Gasteiger charge is 2.23. The van der Waals surface area contributed by atoms with E-state index in [4.69, 9.17) is 0 Å². The van der Waals surface area contributed by atoms with Gasteiger partial charge < -0.3 is 0 Å². The number of benzene rings is 1. The van der Waals surface area contributed by atoms with Gasteiger partial charge in [-0.25, -0.2) is 13.8 Å². The predicted octanol–water partition coefficient (Wildman–Crippen LogP) is 4.43. The normalized spacial score (nSPS) is 11.8. The zero-order valence-electron chi connectivity index (χ0n) is 9.98. The van der Waals surface area contributed by atoms with Crippen molar-refractivity contribution in [1.82, 2.24) is 9.36 Å². The summed E-state index contributed by atoms with van der Waals surface area (Å²) < 4.78 is 31.2. The van der Waals surface area contributed by atoms with Crippen molar-refractivity contribution in [3.05, 3.63) is 29.8 Å². The van der Waals surface area contributed by atoms with Gasteiger partial charge in [0.2, 0.25) is 0 Å². The molecule has 0 aliphatic carbocycles. The maximum atomic E-state index is 13.1. The fraction of sp³-hybridized carbons (Fsp3) is 0.333. The fourth-order valence-electron chi connectivity index (χ4n) is 1.42. The van der Waals surface area contributed by atoms with Gasteiger partial charge in [0, 0.05) is 18.1 Å². The van der Waals surface area contributed by atoms with Gasteiger partial charge in [0.15, 0.2) is 10.2 Å². The van der Waals surface area contributed by atoms with Crippen LogP contribution in [-0.4, -0.2) is 15.1 Å². The molecule has 0 unspecified atom stereocenters. The van der Waals surface area contributed by atoms with Gasteiger partial charge >= 0.3 is 0 Å². The van der Waals surface area contributed by atoms with Crippen LogP contribution in [0.5, 0.6) is 0 Å². The standard InChI is InChI=1S/C12H12F2N2S2/c1-3-17-11-15-10(16-18-11)8-4-6-9(7-5-8)12(2,13)14/h4-7H,3H2,1-2H3. The molecule has 0 N–H and O–H groups in total. The smallest absolute Gasteiger partial charge is 0.208 e. The second-order valence-corrected chi connectivity index (χ2v) is 6.05. The first-order valence-electron chi connectivity index (χ1n) is 5.46. The van der Waals surface area contributed by atoms with Crippen molar-refractivity contribution in [1.29, 1.82) is 0 Å². The zero-order chi connectivity index (χ0) is 13.2. The van der Waals surface area contributed by atoms with Crippen molar-refractivity contribution >= 4 is 23.3 Å². The molecule has 0 fully saturated rings. The van der Waals surface area contributed by atoms with E-state index < -0.39 is 5.92 Å². The molecule has 6 heteroatoms. The Morgan fingerprint density at radius 3 is 2.50 bits per heavy atom. The molecule has 18 heavy (non-hydrogen) atoms. The van der Waals surface area contributed by atoms with Crippen LogP contribution in [-0.2, 0) is 5.92 Å². The highest BCUT2D eigenvalue weighted by atomic mass is 32.2. The molecule has 0 bridgehead atoms. The highest BCUT2D eigenvalue weighted by molar-refractivity contribution is 8.00. The molecule has 0 saturated carbocycles. The molecule has 0 aliphatic heterocycles. The third-order valence-electron chi connectivity index (χ3n) is 2.33. The maximum Gasteiger partial charge on any atom is 0.270 e. The summed E-state index contributed by atoms with van der Waals surface area (Å²) in [6.45, 7) is 2.93. The third-order valence-corrected chi connectivity index (χ3v) is 4.04. The SMILES string of the molecule is CCSc1nc(-c2ccc(C(C)(F)F)cc2)ns1. The van der Waals surface area contributed by atoms with Crippen LogP contribution in [0.15, 0.2) is 28.6 Å². The topological polar surface area (TPSA) is 25.8 Å². The van der Waals surface area contributed by atoms with Crippen LogP contribution in [0.1, 0.15) is 19.4 Å². The Bertz CT molecular complexity index is 518. The maximum absolute atomic E-state index is 13.1. The summed E-state index contributed by atoms with van der Waals surface area (Å²) in [5.41, 5.74) is 0.770. The Balaban J connectivity index is 2.23. The van der Waals surface area contributed by atoms with Crippen LogP contribution in [0.2, 0.25) is 0 Å². The van der Waals surface area contributed by atoms with E-state index in [2.05, 4.69) is 9.36 Å². The van der Waals surface area contributed by atoms with E-state index in [-0.39, 0.29) is 5.56 Å². The van der Waals surface area contributed by atoms with E-state index in [9.17, 15) is 8.78 Å². The highest BCUT2D eigenvalue weighted by Crippen LogP contribution is 2.29. The first-order chi connectivity index (χ1) is 8.50. The fourth-order valence-corrected chi connectivity index (χ4v) is 2.93. The minimum absolute atomic E-state index is 0.00429.